The third-order valence-corrected chi connectivity index (χ3v) is 3.61. The highest BCUT2D eigenvalue weighted by Crippen LogP contribution is 2.10. The molecule has 6 heteroatoms. The van der Waals surface area contributed by atoms with Crippen LogP contribution in [0, 0.1) is 0 Å². The maximum atomic E-state index is 11.7. The van der Waals surface area contributed by atoms with Gasteiger partial charge in [0.2, 0.25) is 5.91 Å². The maximum absolute atomic E-state index is 11.7. The van der Waals surface area contributed by atoms with E-state index in [2.05, 4.69) is 5.32 Å². The molecule has 0 saturated carbocycles. The molecule has 0 aliphatic carbocycles. The predicted octanol–water partition coefficient (Wildman–Crippen LogP) is 0.608. The molecule has 0 spiro atoms. The topological polar surface area (TPSA) is 41.6 Å². The summed E-state index contributed by atoms with van der Waals surface area (Å²) in [5.74, 6) is 2.40. The fourth-order valence-corrected chi connectivity index (χ4v) is 2.42. The minimum Gasteiger partial charge on any atom is -0.383 e. The molecule has 1 aliphatic rings. The predicted molar refractivity (Wildman–Crippen MR) is 70.5 cm³/mol. The summed E-state index contributed by atoms with van der Waals surface area (Å²) in [6, 6.07) is 0.348. The highest BCUT2D eigenvalue weighted by atomic mass is 35.5. The van der Waals surface area contributed by atoms with Crippen molar-refractivity contribution in [3.8, 4) is 0 Å². The SMILES string of the molecule is COCCN(C)C(=O)CC1CSCCN1.Cl. The number of thioether (sulfide) groups is 1. The average molecular weight is 269 g/mol. The van der Waals surface area contributed by atoms with Gasteiger partial charge in [-0.25, -0.2) is 0 Å². The highest BCUT2D eigenvalue weighted by molar-refractivity contribution is 7.99. The number of nitrogens with zero attached hydrogens (tertiary/aromatic N) is 1. The quantitative estimate of drug-likeness (QED) is 0.793. The second-order valence-electron chi connectivity index (χ2n) is 3.74. The Balaban J connectivity index is 0.00000225. The number of carbonyl (C=O) groups excluding carboxylic acids is 1. The van der Waals surface area contributed by atoms with Crippen LogP contribution >= 0.6 is 24.2 Å². The lowest BCUT2D eigenvalue weighted by molar-refractivity contribution is -0.130. The zero-order valence-electron chi connectivity index (χ0n) is 9.90. The van der Waals surface area contributed by atoms with E-state index >= 15 is 0 Å². The summed E-state index contributed by atoms with van der Waals surface area (Å²) in [5, 5.41) is 3.36. The lowest BCUT2D eigenvalue weighted by atomic mass is 10.2. The first-order valence-electron chi connectivity index (χ1n) is 5.28. The number of amides is 1. The fourth-order valence-electron chi connectivity index (χ4n) is 1.47. The van der Waals surface area contributed by atoms with E-state index in [1.54, 1.807) is 12.0 Å². The Kier molecular flexibility index (Phi) is 9.12. The highest BCUT2D eigenvalue weighted by Gasteiger charge is 2.18. The molecular formula is C10H21ClN2O2S. The van der Waals surface area contributed by atoms with Gasteiger partial charge in [0.1, 0.15) is 0 Å². The van der Waals surface area contributed by atoms with Crippen LogP contribution in [0.25, 0.3) is 0 Å². The first-order valence-corrected chi connectivity index (χ1v) is 6.43. The number of carbonyl (C=O) groups is 1. The van der Waals surface area contributed by atoms with E-state index in [0.29, 0.717) is 25.6 Å². The van der Waals surface area contributed by atoms with E-state index in [9.17, 15) is 4.79 Å². The van der Waals surface area contributed by atoms with Crippen LogP contribution in [0.1, 0.15) is 6.42 Å². The van der Waals surface area contributed by atoms with Gasteiger partial charge < -0.3 is 15.0 Å². The molecule has 1 atom stereocenters. The van der Waals surface area contributed by atoms with Crippen molar-refractivity contribution in [2.45, 2.75) is 12.5 Å². The summed E-state index contributed by atoms with van der Waals surface area (Å²) in [5.41, 5.74) is 0. The molecule has 96 valence electrons. The average Bonchev–Trinajstić information content (AvgIpc) is 2.27. The molecule has 1 N–H and O–H groups in total. The van der Waals surface area contributed by atoms with Gasteiger partial charge in [0.05, 0.1) is 6.61 Å². The Labute approximate surface area is 108 Å². The van der Waals surface area contributed by atoms with Crippen molar-refractivity contribution in [3.05, 3.63) is 0 Å². The van der Waals surface area contributed by atoms with Crippen molar-refractivity contribution in [1.82, 2.24) is 10.2 Å². The summed E-state index contributed by atoms with van der Waals surface area (Å²) >= 11 is 1.92. The largest absolute Gasteiger partial charge is 0.383 e. The molecule has 0 radical (unpaired) electrons. The molecule has 1 unspecified atom stereocenters. The van der Waals surface area contributed by atoms with E-state index in [4.69, 9.17) is 4.74 Å². The lowest BCUT2D eigenvalue weighted by Crippen LogP contribution is -2.42. The molecule has 0 aromatic rings. The Bertz CT molecular complexity index is 201. The molecule has 0 aromatic heterocycles. The number of nitrogens with one attached hydrogen (secondary N) is 1. The summed E-state index contributed by atoms with van der Waals surface area (Å²) in [6.07, 6.45) is 0.604. The molecule has 0 aromatic carbocycles. The van der Waals surface area contributed by atoms with Crippen LogP contribution in [0.5, 0.6) is 0 Å². The van der Waals surface area contributed by atoms with Gasteiger partial charge in [-0.15, -0.1) is 12.4 Å². The maximum Gasteiger partial charge on any atom is 0.223 e. The van der Waals surface area contributed by atoms with Crippen LogP contribution in [0.3, 0.4) is 0 Å². The zero-order chi connectivity index (χ0) is 11.1. The van der Waals surface area contributed by atoms with Gasteiger partial charge in [0.15, 0.2) is 0 Å². The van der Waals surface area contributed by atoms with Crippen LogP contribution in [0.4, 0.5) is 0 Å². The summed E-state index contributed by atoms with van der Waals surface area (Å²) in [6.45, 7) is 2.30. The van der Waals surface area contributed by atoms with Crippen LogP contribution in [-0.4, -0.2) is 62.2 Å². The molecule has 1 rings (SSSR count). The van der Waals surface area contributed by atoms with E-state index in [1.165, 1.54) is 0 Å². The molecule has 16 heavy (non-hydrogen) atoms. The van der Waals surface area contributed by atoms with E-state index in [-0.39, 0.29) is 18.3 Å². The Hall–Kier alpha value is 0.0300. The fraction of sp³-hybridized carbons (Fsp3) is 0.900. The number of rotatable bonds is 5. The van der Waals surface area contributed by atoms with Crippen LogP contribution in [0.2, 0.25) is 0 Å². The number of hydrogen-bond donors (Lipinski definition) is 1. The minimum atomic E-state index is 0. The summed E-state index contributed by atoms with van der Waals surface area (Å²) in [7, 11) is 3.48. The van der Waals surface area contributed by atoms with Gasteiger partial charge in [-0.2, -0.15) is 11.8 Å². The summed E-state index contributed by atoms with van der Waals surface area (Å²) in [4.78, 5) is 13.5. The van der Waals surface area contributed by atoms with Crippen molar-refractivity contribution < 1.29 is 9.53 Å². The number of likely N-dealkylation sites (N-methyl/N-ethyl adjacent to an activating group) is 1. The van der Waals surface area contributed by atoms with Gasteiger partial charge in [0, 0.05) is 51.2 Å². The van der Waals surface area contributed by atoms with Gasteiger partial charge >= 0.3 is 0 Å². The van der Waals surface area contributed by atoms with Gasteiger partial charge in [-0.3, -0.25) is 4.79 Å². The Morgan fingerprint density at radius 3 is 2.94 bits per heavy atom. The Morgan fingerprint density at radius 2 is 2.38 bits per heavy atom. The van der Waals surface area contributed by atoms with Crippen LogP contribution in [0.15, 0.2) is 0 Å². The number of halogens is 1. The molecule has 1 aliphatic heterocycles. The van der Waals surface area contributed by atoms with Crippen LogP contribution < -0.4 is 5.32 Å². The number of ether oxygens (including phenoxy) is 1. The normalized spacial score (nSPS) is 20.0. The Morgan fingerprint density at radius 1 is 1.62 bits per heavy atom. The number of methoxy groups -OCH3 is 1. The first-order chi connectivity index (χ1) is 7.24. The third-order valence-electron chi connectivity index (χ3n) is 2.48. The molecular weight excluding hydrogens is 248 g/mol. The van der Waals surface area contributed by atoms with Crippen molar-refractivity contribution >= 4 is 30.1 Å². The van der Waals surface area contributed by atoms with Gasteiger partial charge in [-0.05, 0) is 0 Å². The minimum absolute atomic E-state index is 0. The van der Waals surface area contributed by atoms with Crippen molar-refractivity contribution in [3.63, 3.8) is 0 Å². The standard InChI is InChI=1S/C10H20N2O2S.ClH/c1-12(4-5-14-2)10(13)7-9-8-15-6-3-11-9;/h9,11H,3-8H2,1-2H3;1H. The van der Waals surface area contributed by atoms with Crippen LogP contribution in [-0.2, 0) is 9.53 Å². The monoisotopic (exact) mass is 268 g/mol. The van der Waals surface area contributed by atoms with Gasteiger partial charge in [0.25, 0.3) is 0 Å². The van der Waals surface area contributed by atoms with E-state index in [1.807, 2.05) is 18.8 Å². The first kappa shape index (κ1) is 16.0. The molecule has 1 saturated heterocycles. The molecule has 4 nitrogen and oxygen atoms in total. The van der Waals surface area contributed by atoms with Crippen molar-refractivity contribution in [2.24, 2.45) is 0 Å². The van der Waals surface area contributed by atoms with E-state index in [0.717, 1.165) is 18.1 Å². The molecule has 1 amide bonds. The van der Waals surface area contributed by atoms with Crippen molar-refractivity contribution in [1.29, 1.82) is 0 Å². The van der Waals surface area contributed by atoms with E-state index < -0.39 is 0 Å². The third kappa shape index (κ3) is 5.94. The van der Waals surface area contributed by atoms with Crippen molar-refractivity contribution in [2.75, 3.05) is 45.4 Å². The lowest BCUT2D eigenvalue weighted by Gasteiger charge is -2.25. The zero-order valence-corrected chi connectivity index (χ0v) is 11.5. The second-order valence-corrected chi connectivity index (χ2v) is 4.89. The number of hydrogen-bond acceptors (Lipinski definition) is 4. The van der Waals surface area contributed by atoms with Gasteiger partial charge in [-0.1, -0.05) is 0 Å². The second kappa shape index (κ2) is 9.10. The molecule has 0 bridgehead atoms. The molecule has 1 heterocycles. The molecule has 1 fully saturated rings. The smallest absolute Gasteiger partial charge is 0.223 e. The summed E-state index contributed by atoms with van der Waals surface area (Å²) < 4.78 is 4.94.